The van der Waals surface area contributed by atoms with Gasteiger partial charge in [-0.2, -0.15) is 8.78 Å². The third-order valence-corrected chi connectivity index (χ3v) is 2.21. The summed E-state index contributed by atoms with van der Waals surface area (Å²) in [7, 11) is 2.99. The van der Waals surface area contributed by atoms with Gasteiger partial charge < -0.3 is 19.5 Å². The van der Waals surface area contributed by atoms with Gasteiger partial charge in [-0.3, -0.25) is 0 Å². The highest BCUT2D eigenvalue weighted by molar-refractivity contribution is 5.55. The molecular weight excluding hydrogens is 244 g/mol. The van der Waals surface area contributed by atoms with Crippen molar-refractivity contribution in [3.05, 3.63) is 18.2 Å². The predicted molar refractivity (Wildman–Crippen MR) is 64.6 cm³/mol. The van der Waals surface area contributed by atoms with Gasteiger partial charge in [0.1, 0.15) is 0 Å². The van der Waals surface area contributed by atoms with Gasteiger partial charge in [-0.1, -0.05) is 0 Å². The zero-order chi connectivity index (χ0) is 13.5. The standard InChI is InChI=1S/C12H17F2NO3/c1-8(7-16-2)15-9-4-5-10(17-3)11(6-9)18-12(13)14/h4-6,8,12,15H,7H2,1-3H3. The van der Waals surface area contributed by atoms with E-state index in [1.54, 1.807) is 19.2 Å². The van der Waals surface area contributed by atoms with Crippen LogP contribution in [0.5, 0.6) is 11.5 Å². The largest absolute Gasteiger partial charge is 0.493 e. The van der Waals surface area contributed by atoms with Crippen LogP contribution in [0.2, 0.25) is 0 Å². The highest BCUT2D eigenvalue weighted by Gasteiger charge is 2.12. The van der Waals surface area contributed by atoms with Gasteiger partial charge in [0.25, 0.3) is 0 Å². The van der Waals surface area contributed by atoms with Crippen LogP contribution in [0.1, 0.15) is 6.92 Å². The maximum Gasteiger partial charge on any atom is 0.387 e. The van der Waals surface area contributed by atoms with Crippen molar-refractivity contribution < 1.29 is 23.0 Å². The lowest BCUT2D eigenvalue weighted by Crippen LogP contribution is -2.20. The Morgan fingerprint density at radius 2 is 1.94 bits per heavy atom. The average Bonchev–Trinajstić information content (AvgIpc) is 2.28. The quantitative estimate of drug-likeness (QED) is 0.819. The van der Waals surface area contributed by atoms with Crippen molar-refractivity contribution in [2.24, 2.45) is 0 Å². The van der Waals surface area contributed by atoms with Crippen LogP contribution in [0.15, 0.2) is 18.2 Å². The van der Waals surface area contributed by atoms with E-state index in [1.807, 2.05) is 6.92 Å². The number of halogens is 2. The summed E-state index contributed by atoms with van der Waals surface area (Å²) < 4.78 is 38.8. The molecule has 1 rings (SSSR count). The first-order valence-corrected chi connectivity index (χ1v) is 5.45. The lowest BCUT2D eigenvalue weighted by Gasteiger charge is -2.16. The van der Waals surface area contributed by atoms with Crippen molar-refractivity contribution in [1.29, 1.82) is 0 Å². The summed E-state index contributed by atoms with van der Waals surface area (Å²) in [6, 6.07) is 4.82. The number of hydrogen-bond donors (Lipinski definition) is 1. The molecule has 6 heteroatoms. The second-order valence-corrected chi connectivity index (χ2v) is 3.74. The van der Waals surface area contributed by atoms with Crippen LogP contribution in [-0.2, 0) is 4.74 Å². The van der Waals surface area contributed by atoms with Gasteiger partial charge in [-0.25, -0.2) is 0 Å². The maximum atomic E-state index is 12.2. The van der Waals surface area contributed by atoms with Crippen molar-refractivity contribution in [2.75, 3.05) is 26.1 Å². The highest BCUT2D eigenvalue weighted by atomic mass is 19.3. The van der Waals surface area contributed by atoms with Crippen LogP contribution in [-0.4, -0.2) is 33.5 Å². The number of benzene rings is 1. The molecule has 1 aromatic carbocycles. The van der Waals surface area contributed by atoms with Crippen molar-refractivity contribution in [3.8, 4) is 11.5 Å². The fraction of sp³-hybridized carbons (Fsp3) is 0.500. The number of hydrogen-bond acceptors (Lipinski definition) is 4. The molecule has 102 valence electrons. The van der Waals surface area contributed by atoms with Crippen LogP contribution < -0.4 is 14.8 Å². The Hall–Kier alpha value is -1.56. The van der Waals surface area contributed by atoms with Crippen molar-refractivity contribution in [3.63, 3.8) is 0 Å². The molecule has 0 amide bonds. The number of rotatable bonds is 7. The molecule has 0 radical (unpaired) electrons. The lowest BCUT2D eigenvalue weighted by molar-refractivity contribution is -0.0511. The molecule has 0 bridgehead atoms. The molecule has 18 heavy (non-hydrogen) atoms. The van der Waals surface area contributed by atoms with E-state index in [1.165, 1.54) is 13.2 Å². The van der Waals surface area contributed by atoms with E-state index in [0.29, 0.717) is 12.3 Å². The van der Waals surface area contributed by atoms with Gasteiger partial charge in [0.15, 0.2) is 11.5 Å². The topological polar surface area (TPSA) is 39.7 Å². The SMILES string of the molecule is COCC(C)Nc1ccc(OC)c(OC(F)F)c1. The van der Waals surface area contributed by atoms with E-state index >= 15 is 0 Å². The van der Waals surface area contributed by atoms with Crippen LogP contribution >= 0.6 is 0 Å². The first-order valence-electron chi connectivity index (χ1n) is 5.45. The van der Waals surface area contributed by atoms with Gasteiger partial charge in [-0.15, -0.1) is 0 Å². The number of anilines is 1. The van der Waals surface area contributed by atoms with Crippen LogP contribution in [0, 0.1) is 0 Å². The van der Waals surface area contributed by atoms with Gasteiger partial charge in [0, 0.05) is 24.9 Å². The van der Waals surface area contributed by atoms with Gasteiger partial charge >= 0.3 is 6.61 Å². The fourth-order valence-corrected chi connectivity index (χ4v) is 1.53. The first kappa shape index (κ1) is 14.5. The van der Waals surface area contributed by atoms with Crippen molar-refractivity contribution in [1.82, 2.24) is 0 Å². The summed E-state index contributed by atoms with van der Waals surface area (Å²) in [6.07, 6.45) is 0. The zero-order valence-corrected chi connectivity index (χ0v) is 10.6. The Morgan fingerprint density at radius 1 is 1.22 bits per heavy atom. The van der Waals surface area contributed by atoms with Crippen molar-refractivity contribution in [2.45, 2.75) is 19.6 Å². The third kappa shape index (κ3) is 4.37. The summed E-state index contributed by atoms with van der Waals surface area (Å²) >= 11 is 0. The molecule has 0 aliphatic heterocycles. The molecule has 1 unspecified atom stereocenters. The number of nitrogens with one attached hydrogen (secondary N) is 1. The molecule has 0 aliphatic carbocycles. The Labute approximate surface area is 105 Å². The average molecular weight is 261 g/mol. The molecular formula is C12H17F2NO3. The number of alkyl halides is 2. The van der Waals surface area contributed by atoms with E-state index in [-0.39, 0.29) is 17.5 Å². The Bertz CT molecular complexity index is 374. The molecule has 0 aromatic heterocycles. The molecule has 4 nitrogen and oxygen atoms in total. The minimum Gasteiger partial charge on any atom is -0.493 e. The summed E-state index contributed by atoms with van der Waals surface area (Å²) in [5.74, 6) is 0.266. The summed E-state index contributed by atoms with van der Waals surface area (Å²) in [5, 5.41) is 3.10. The molecule has 0 saturated carbocycles. The molecule has 0 heterocycles. The zero-order valence-electron chi connectivity index (χ0n) is 10.6. The molecule has 0 fully saturated rings. The second-order valence-electron chi connectivity index (χ2n) is 3.74. The first-order chi connectivity index (χ1) is 8.56. The minimum absolute atomic E-state index is 0.00196. The maximum absolute atomic E-state index is 12.2. The van der Waals surface area contributed by atoms with Gasteiger partial charge in [0.2, 0.25) is 0 Å². The Balaban J connectivity index is 2.81. The van der Waals surface area contributed by atoms with E-state index in [2.05, 4.69) is 10.1 Å². The van der Waals surface area contributed by atoms with Gasteiger partial charge in [0.05, 0.1) is 13.7 Å². The Kier molecular flexibility index (Phi) is 5.64. The van der Waals surface area contributed by atoms with E-state index in [4.69, 9.17) is 9.47 Å². The van der Waals surface area contributed by atoms with E-state index in [9.17, 15) is 8.78 Å². The molecule has 1 atom stereocenters. The lowest BCUT2D eigenvalue weighted by atomic mass is 10.2. The summed E-state index contributed by atoms with van der Waals surface area (Å²) in [5.41, 5.74) is 0.663. The van der Waals surface area contributed by atoms with Gasteiger partial charge in [-0.05, 0) is 19.1 Å². The van der Waals surface area contributed by atoms with Crippen LogP contribution in [0.3, 0.4) is 0 Å². The molecule has 0 saturated heterocycles. The molecule has 0 spiro atoms. The normalized spacial score (nSPS) is 12.3. The Morgan fingerprint density at radius 3 is 2.50 bits per heavy atom. The fourth-order valence-electron chi connectivity index (χ4n) is 1.53. The monoisotopic (exact) mass is 261 g/mol. The third-order valence-electron chi connectivity index (χ3n) is 2.21. The summed E-state index contributed by atoms with van der Waals surface area (Å²) in [6.45, 7) is -0.455. The highest BCUT2D eigenvalue weighted by Crippen LogP contribution is 2.31. The molecule has 1 aromatic rings. The van der Waals surface area contributed by atoms with E-state index in [0.717, 1.165) is 0 Å². The predicted octanol–water partition coefficient (Wildman–Crippen LogP) is 2.74. The summed E-state index contributed by atoms with van der Waals surface area (Å²) in [4.78, 5) is 0. The number of ether oxygens (including phenoxy) is 3. The minimum atomic E-state index is -2.88. The van der Waals surface area contributed by atoms with E-state index < -0.39 is 6.61 Å². The second kappa shape index (κ2) is 7.00. The smallest absolute Gasteiger partial charge is 0.387 e. The molecule has 0 aliphatic rings. The van der Waals surface area contributed by atoms with Crippen molar-refractivity contribution >= 4 is 5.69 Å². The number of methoxy groups -OCH3 is 2. The molecule has 1 N–H and O–H groups in total. The van der Waals surface area contributed by atoms with Crippen LogP contribution in [0.25, 0.3) is 0 Å². The van der Waals surface area contributed by atoms with Crippen LogP contribution in [0.4, 0.5) is 14.5 Å².